The molecule has 3 rings (SSSR count). The summed E-state index contributed by atoms with van der Waals surface area (Å²) in [5.41, 5.74) is 0.941. The van der Waals surface area contributed by atoms with Gasteiger partial charge in [0.15, 0.2) is 0 Å². The second-order valence-electron chi connectivity index (χ2n) is 6.83. The Morgan fingerprint density at radius 3 is 2.92 bits per heavy atom. The van der Waals surface area contributed by atoms with Crippen LogP contribution >= 0.6 is 0 Å². The van der Waals surface area contributed by atoms with Crippen LogP contribution in [-0.2, 0) is 9.59 Å². The molecule has 0 unspecified atom stereocenters. The summed E-state index contributed by atoms with van der Waals surface area (Å²) in [6.45, 7) is 4.86. The molecular weight excluding hydrogens is 332 g/mol. The van der Waals surface area contributed by atoms with E-state index in [0.29, 0.717) is 23.8 Å². The van der Waals surface area contributed by atoms with Crippen LogP contribution in [0.4, 0.5) is 5.69 Å². The van der Waals surface area contributed by atoms with Gasteiger partial charge in [-0.15, -0.1) is 0 Å². The van der Waals surface area contributed by atoms with Crippen LogP contribution < -0.4 is 16.0 Å². The second kappa shape index (κ2) is 8.31. The molecule has 1 saturated heterocycles. The lowest BCUT2D eigenvalue weighted by atomic mass is 10.1. The van der Waals surface area contributed by atoms with Gasteiger partial charge in [-0.1, -0.05) is 19.1 Å². The van der Waals surface area contributed by atoms with E-state index in [0.717, 1.165) is 19.5 Å². The fourth-order valence-corrected chi connectivity index (χ4v) is 3.65. The van der Waals surface area contributed by atoms with Gasteiger partial charge in [-0.2, -0.15) is 0 Å². The molecule has 2 aliphatic rings. The predicted octanol–water partition coefficient (Wildman–Crippen LogP) is 1.12. The predicted molar refractivity (Wildman–Crippen MR) is 98.8 cm³/mol. The average molecular weight is 358 g/mol. The topological polar surface area (TPSA) is 90.5 Å². The van der Waals surface area contributed by atoms with Crippen molar-refractivity contribution < 1.29 is 14.4 Å². The van der Waals surface area contributed by atoms with E-state index in [1.807, 2.05) is 0 Å². The van der Waals surface area contributed by atoms with Crippen LogP contribution in [0.5, 0.6) is 0 Å². The molecule has 7 nitrogen and oxygen atoms in total. The highest BCUT2D eigenvalue weighted by molar-refractivity contribution is 6.09. The van der Waals surface area contributed by atoms with Gasteiger partial charge in [-0.05, 0) is 44.5 Å². The molecule has 7 heteroatoms. The standard InChI is InChI=1S/C19H26N4O3/c1-2-23-11-5-6-13(23)12-20-17(24)10-9-16-19(26)21-15-8-4-3-7-14(15)18(25)22-16/h3-4,7-8,13,16H,2,5-6,9-12H2,1H3,(H,20,24)(H,21,26)(H,22,25)/t13-,16+/m1/s1. The van der Waals surface area contributed by atoms with Crippen LogP contribution in [0, 0.1) is 0 Å². The lowest BCUT2D eigenvalue weighted by Crippen LogP contribution is -2.43. The first-order valence-electron chi connectivity index (χ1n) is 9.30. The number of hydrogen-bond donors (Lipinski definition) is 3. The summed E-state index contributed by atoms with van der Waals surface area (Å²) in [7, 11) is 0. The summed E-state index contributed by atoms with van der Waals surface area (Å²) < 4.78 is 0. The Hall–Kier alpha value is -2.41. The van der Waals surface area contributed by atoms with Gasteiger partial charge in [0.2, 0.25) is 11.8 Å². The molecule has 1 fully saturated rings. The number of para-hydroxylation sites is 1. The van der Waals surface area contributed by atoms with E-state index in [4.69, 9.17) is 0 Å². The first kappa shape index (κ1) is 18.4. The lowest BCUT2D eigenvalue weighted by molar-refractivity contribution is -0.122. The highest BCUT2D eigenvalue weighted by Crippen LogP contribution is 2.19. The van der Waals surface area contributed by atoms with Crippen molar-refractivity contribution >= 4 is 23.4 Å². The number of carbonyl (C=O) groups is 3. The molecule has 2 heterocycles. The highest BCUT2D eigenvalue weighted by atomic mass is 16.2. The zero-order valence-corrected chi connectivity index (χ0v) is 15.1. The molecule has 2 atom stereocenters. The Balaban J connectivity index is 1.49. The Kier molecular flexibility index (Phi) is 5.88. The van der Waals surface area contributed by atoms with Gasteiger partial charge in [0, 0.05) is 19.0 Å². The quantitative estimate of drug-likeness (QED) is 0.711. The number of likely N-dealkylation sites (tertiary alicyclic amines) is 1. The molecule has 26 heavy (non-hydrogen) atoms. The van der Waals surface area contributed by atoms with Crippen molar-refractivity contribution in [2.75, 3.05) is 25.0 Å². The number of rotatable bonds is 6. The number of hydrogen-bond acceptors (Lipinski definition) is 4. The van der Waals surface area contributed by atoms with Crippen LogP contribution in [-0.4, -0.2) is 54.3 Å². The van der Waals surface area contributed by atoms with Crippen LogP contribution in [0.25, 0.3) is 0 Å². The van der Waals surface area contributed by atoms with Gasteiger partial charge in [0.25, 0.3) is 5.91 Å². The van der Waals surface area contributed by atoms with Gasteiger partial charge >= 0.3 is 0 Å². The zero-order valence-electron chi connectivity index (χ0n) is 15.1. The summed E-state index contributed by atoms with van der Waals surface area (Å²) in [6.07, 6.45) is 2.75. The molecular formula is C19H26N4O3. The number of nitrogens with one attached hydrogen (secondary N) is 3. The summed E-state index contributed by atoms with van der Waals surface area (Å²) in [5, 5.41) is 8.43. The normalized spacial score (nSPS) is 23.0. The maximum atomic E-state index is 12.3. The summed E-state index contributed by atoms with van der Waals surface area (Å²) in [4.78, 5) is 39.1. The number of likely N-dealkylation sites (N-methyl/N-ethyl adjacent to an activating group) is 1. The Morgan fingerprint density at radius 1 is 1.31 bits per heavy atom. The fourth-order valence-electron chi connectivity index (χ4n) is 3.65. The van der Waals surface area contributed by atoms with E-state index < -0.39 is 6.04 Å². The van der Waals surface area contributed by atoms with Crippen molar-refractivity contribution in [1.82, 2.24) is 15.5 Å². The van der Waals surface area contributed by atoms with E-state index in [-0.39, 0.29) is 30.6 Å². The van der Waals surface area contributed by atoms with Crippen LogP contribution in [0.3, 0.4) is 0 Å². The van der Waals surface area contributed by atoms with Crippen LogP contribution in [0.15, 0.2) is 24.3 Å². The smallest absolute Gasteiger partial charge is 0.254 e. The van der Waals surface area contributed by atoms with Gasteiger partial charge in [0.05, 0.1) is 11.3 Å². The minimum absolute atomic E-state index is 0.0863. The third-order valence-corrected chi connectivity index (χ3v) is 5.15. The molecule has 0 aromatic heterocycles. The maximum absolute atomic E-state index is 12.3. The largest absolute Gasteiger partial charge is 0.355 e. The van der Waals surface area contributed by atoms with E-state index in [9.17, 15) is 14.4 Å². The van der Waals surface area contributed by atoms with Crippen molar-refractivity contribution in [3.05, 3.63) is 29.8 Å². The minimum atomic E-state index is -0.709. The molecule has 140 valence electrons. The number of nitrogens with zero attached hydrogens (tertiary/aromatic N) is 1. The van der Waals surface area contributed by atoms with Gasteiger partial charge in [-0.3, -0.25) is 19.3 Å². The fraction of sp³-hybridized carbons (Fsp3) is 0.526. The molecule has 0 spiro atoms. The highest BCUT2D eigenvalue weighted by Gasteiger charge is 2.28. The third-order valence-electron chi connectivity index (χ3n) is 5.15. The van der Waals surface area contributed by atoms with E-state index in [1.165, 1.54) is 6.42 Å². The number of anilines is 1. The van der Waals surface area contributed by atoms with E-state index >= 15 is 0 Å². The van der Waals surface area contributed by atoms with Gasteiger partial charge in [0.1, 0.15) is 6.04 Å². The van der Waals surface area contributed by atoms with Crippen LogP contribution in [0.2, 0.25) is 0 Å². The molecule has 0 saturated carbocycles. The molecule has 3 amide bonds. The van der Waals surface area contributed by atoms with E-state index in [2.05, 4.69) is 27.8 Å². The first-order valence-corrected chi connectivity index (χ1v) is 9.30. The molecule has 0 aliphatic carbocycles. The van der Waals surface area contributed by atoms with Crippen molar-refractivity contribution in [3.8, 4) is 0 Å². The molecule has 0 bridgehead atoms. The summed E-state index contributed by atoms with van der Waals surface area (Å²) in [5.74, 6) is -0.672. The van der Waals surface area contributed by atoms with Crippen molar-refractivity contribution in [2.45, 2.75) is 44.7 Å². The number of carbonyl (C=O) groups excluding carboxylic acids is 3. The summed E-state index contributed by atoms with van der Waals surface area (Å²) >= 11 is 0. The SMILES string of the molecule is CCN1CCC[C@@H]1CNC(=O)CC[C@@H]1NC(=O)c2ccccc2NC1=O. The Labute approximate surface area is 153 Å². The lowest BCUT2D eigenvalue weighted by Gasteiger charge is -2.23. The number of benzene rings is 1. The third kappa shape index (κ3) is 4.22. The first-order chi connectivity index (χ1) is 12.6. The van der Waals surface area contributed by atoms with Crippen molar-refractivity contribution in [3.63, 3.8) is 0 Å². The number of fused-ring (bicyclic) bond motifs is 1. The molecule has 0 radical (unpaired) electrons. The monoisotopic (exact) mass is 358 g/mol. The van der Waals surface area contributed by atoms with E-state index in [1.54, 1.807) is 24.3 Å². The molecule has 2 aliphatic heterocycles. The van der Waals surface area contributed by atoms with Crippen molar-refractivity contribution in [1.29, 1.82) is 0 Å². The van der Waals surface area contributed by atoms with Crippen molar-refractivity contribution in [2.24, 2.45) is 0 Å². The maximum Gasteiger partial charge on any atom is 0.254 e. The van der Waals surface area contributed by atoms with Gasteiger partial charge in [-0.25, -0.2) is 0 Å². The summed E-state index contributed by atoms with van der Waals surface area (Å²) in [6, 6.07) is 6.58. The molecule has 3 N–H and O–H groups in total. The number of amides is 3. The average Bonchev–Trinajstić information content (AvgIpc) is 3.06. The molecule has 1 aromatic rings. The zero-order chi connectivity index (χ0) is 18.5. The Bertz CT molecular complexity index is 691. The minimum Gasteiger partial charge on any atom is -0.355 e. The second-order valence-corrected chi connectivity index (χ2v) is 6.83. The molecule has 1 aromatic carbocycles. The Morgan fingerprint density at radius 2 is 2.12 bits per heavy atom. The van der Waals surface area contributed by atoms with Gasteiger partial charge < -0.3 is 16.0 Å². The van der Waals surface area contributed by atoms with Crippen LogP contribution in [0.1, 0.15) is 43.0 Å².